The third-order valence-electron chi connectivity index (χ3n) is 4.98. The largest absolute Gasteiger partial charge is 0.385 e. The fourth-order valence-electron chi connectivity index (χ4n) is 3.66. The highest BCUT2D eigenvalue weighted by atomic mass is 16.8. The van der Waals surface area contributed by atoms with E-state index in [4.69, 9.17) is 18.9 Å². The predicted molar refractivity (Wildman–Crippen MR) is 97.2 cm³/mol. The molecule has 25 heavy (non-hydrogen) atoms. The maximum Gasteiger partial charge on any atom is 0.186 e. The van der Waals surface area contributed by atoms with Crippen molar-refractivity contribution in [2.24, 2.45) is 0 Å². The standard InChI is InChI=1S/C20H36O5/c1-6-8-10-12-15(13-11-9-7-2)23-19-16(21)18-17(14(3)22-19)24-20(4,5)25-18/h6,14-19,21H,1,7-13H2,2-5H3/t14-,15-,16-,17+,18-,19+/m1/s1. The molecular weight excluding hydrogens is 320 g/mol. The van der Waals surface area contributed by atoms with Crippen molar-refractivity contribution in [1.29, 1.82) is 0 Å². The second kappa shape index (κ2) is 9.47. The van der Waals surface area contributed by atoms with Gasteiger partial charge in [0.1, 0.15) is 18.3 Å². The Balaban J connectivity index is 1.95. The fraction of sp³-hybridized carbons (Fsp3) is 0.900. The molecular formula is C20H36O5. The Bertz CT molecular complexity index is 411. The lowest BCUT2D eigenvalue weighted by Crippen LogP contribution is -2.56. The summed E-state index contributed by atoms with van der Waals surface area (Å²) in [6.45, 7) is 11.7. The molecule has 0 unspecified atom stereocenters. The average molecular weight is 357 g/mol. The van der Waals surface area contributed by atoms with Crippen LogP contribution in [0.4, 0.5) is 0 Å². The Morgan fingerprint density at radius 1 is 1.16 bits per heavy atom. The van der Waals surface area contributed by atoms with Crippen LogP contribution in [0.25, 0.3) is 0 Å². The zero-order chi connectivity index (χ0) is 18.4. The van der Waals surface area contributed by atoms with Crippen LogP contribution < -0.4 is 0 Å². The number of allylic oxidation sites excluding steroid dienone is 1. The van der Waals surface area contributed by atoms with Gasteiger partial charge in [0.05, 0.1) is 12.2 Å². The molecule has 2 rings (SSSR count). The van der Waals surface area contributed by atoms with Crippen LogP contribution in [-0.4, -0.2) is 47.7 Å². The average Bonchev–Trinajstić information content (AvgIpc) is 2.89. The van der Waals surface area contributed by atoms with Gasteiger partial charge in [-0.2, -0.15) is 0 Å². The Hall–Kier alpha value is -0.460. The molecule has 2 aliphatic rings. The zero-order valence-electron chi connectivity index (χ0n) is 16.3. The van der Waals surface area contributed by atoms with E-state index in [-0.39, 0.29) is 18.3 Å². The van der Waals surface area contributed by atoms with Crippen LogP contribution in [0, 0.1) is 0 Å². The Labute approximate surface area is 152 Å². The van der Waals surface area contributed by atoms with Crippen LogP contribution in [0.2, 0.25) is 0 Å². The zero-order valence-corrected chi connectivity index (χ0v) is 16.3. The first kappa shape index (κ1) is 20.8. The highest BCUT2D eigenvalue weighted by Gasteiger charge is 2.54. The summed E-state index contributed by atoms with van der Waals surface area (Å²) in [5, 5.41) is 10.7. The third kappa shape index (κ3) is 5.76. The van der Waals surface area contributed by atoms with Gasteiger partial charge in [0.2, 0.25) is 0 Å². The van der Waals surface area contributed by atoms with E-state index in [1.165, 1.54) is 12.8 Å². The maximum absolute atomic E-state index is 10.7. The summed E-state index contributed by atoms with van der Waals surface area (Å²) in [4.78, 5) is 0. The second-order valence-corrected chi connectivity index (χ2v) is 7.74. The van der Waals surface area contributed by atoms with Crippen molar-refractivity contribution in [2.75, 3.05) is 0 Å². The lowest BCUT2D eigenvalue weighted by molar-refractivity contribution is -0.288. The molecule has 6 atom stereocenters. The molecule has 0 aliphatic carbocycles. The van der Waals surface area contributed by atoms with Crippen molar-refractivity contribution in [3.63, 3.8) is 0 Å². The van der Waals surface area contributed by atoms with Crippen molar-refractivity contribution in [3.05, 3.63) is 12.7 Å². The quantitative estimate of drug-likeness (QED) is 0.475. The van der Waals surface area contributed by atoms with Gasteiger partial charge in [-0.25, -0.2) is 0 Å². The summed E-state index contributed by atoms with van der Waals surface area (Å²) in [6, 6.07) is 0. The maximum atomic E-state index is 10.7. The molecule has 0 aromatic carbocycles. The first-order chi connectivity index (χ1) is 11.9. The Kier molecular flexibility index (Phi) is 7.90. The third-order valence-corrected chi connectivity index (χ3v) is 4.98. The smallest absolute Gasteiger partial charge is 0.186 e. The van der Waals surface area contributed by atoms with Gasteiger partial charge in [-0.1, -0.05) is 32.3 Å². The number of hydrogen-bond acceptors (Lipinski definition) is 5. The van der Waals surface area contributed by atoms with Gasteiger partial charge >= 0.3 is 0 Å². The molecule has 2 saturated heterocycles. The lowest BCUT2D eigenvalue weighted by Gasteiger charge is -2.40. The molecule has 2 fully saturated rings. The first-order valence-corrected chi connectivity index (χ1v) is 9.83. The molecule has 0 saturated carbocycles. The summed E-state index contributed by atoms with van der Waals surface area (Å²) >= 11 is 0. The van der Waals surface area contributed by atoms with Crippen molar-refractivity contribution >= 4 is 0 Å². The summed E-state index contributed by atoms with van der Waals surface area (Å²) < 4.78 is 23.9. The molecule has 0 aromatic heterocycles. The van der Waals surface area contributed by atoms with Gasteiger partial charge in [-0.3, -0.25) is 0 Å². The number of ether oxygens (including phenoxy) is 4. The van der Waals surface area contributed by atoms with Crippen LogP contribution >= 0.6 is 0 Å². The normalized spacial score (nSPS) is 35.3. The molecule has 0 bridgehead atoms. The number of aliphatic hydroxyl groups excluding tert-OH is 1. The van der Waals surface area contributed by atoms with E-state index in [2.05, 4.69) is 13.5 Å². The number of aliphatic hydroxyl groups is 1. The molecule has 0 amide bonds. The van der Waals surface area contributed by atoms with E-state index < -0.39 is 24.3 Å². The minimum atomic E-state index is -0.837. The molecule has 2 heterocycles. The molecule has 5 heteroatoms. The molecule has 5 nitrogen and oxygen atoms in total. The molecule has 0 radical (unpaired) electrons. The van der Waals surface area contributed by atoms with E-state index in [9.17, 15) is 5.11 Å². The van der Waals surface area contributed by atoms with Crippen molar-refractivity contribution in [2.45, 2.75) is 115 Å². The summed E-state index contributed by atoms with van der Waals surface area (Å²) in [5.74, 6) is -0.701. The van der Waals surface area contributed by atoms with Gasteiger partial charge < -0.3 is 24.1 Å². The van der Waals surface area contributed by atoms with Gasteiger partial charge in [0.15, 0.2) is 12.1 Å². The lowest BCUT2D eigenvalue weighted by atomic mass is 9.99. The van der Waals surface area contributed by atoms with E-state index in [0.717, 1.165) is 32.1 Å². The van der Waals surface area contributed by atoms with Crippen LogP contribution in [0.15, 0.2) is 12.7 Å². The fourth-order valence-corrected chi connectivity index (χ4v) is 3.66. The highest BCUT2D eigenvalue weighted by Crippen LogP contribution is 2.38. The van der Waals surface area contributed by atoms with Crippen LogP contribution in [0.5, 0.6) is 0 Å². The van der Waals surface area contributed by atoms with E-state index in [1.807, 2.05) is 26.8 Å². The van der Waals surface area contributed by atoms with Gasteiger partial charge in [0, 0.05) is 0 Å². The van der Waals surface area contributed by atoms with Crippen molar-refractivity contribution < 1.29 is 24.1 Å². The van der Waals surface area contributed by atoms with Gasteiger partial charge in [0.25, 0.3) is 0 Å². The van der Waals surface area contributed by atoms with Gasteiger partial charge in [-0.15, -0.1) is 6.58 Å². The van der Waals surface area contributed by atoms with Crippen LogP contribution in [0.1, 0.15) is 72.6 Å². The summed E-state index contributed by atoms with van der Waals surface area (Å²) in [6.07, 6.45) is 7.15. The molecule has 1 N–H and O–H groups in total. The summed E-state index contributed by atoms with van der Waals surface area (Å²) in [7, 11) is 0. The minimum Gasteiger partial charge on any atom is -0.385 e. The topological polar surface area (TPSA) is 57.2 Å². The number of rotatable bonds is 10. The SMILES string of the molecule is C=CCCC[C@H](CCCCC)O[C@@H]1O[C@H](C)[C@@H]2OC(C)(C)O[C@@H]2[C@H]1O. The minimum absolute atomic E-state index is 0.0882. The van der Waals surface area contributed by atoms with Gasteiger partial charge in [-0.05, 0) is 46.5 Å². The molecule has 0 aromatic rings. The molecule has 2 aliphatic heterocycles. The van der Waals surface area contributed by atoms with Crippen molar-refractivity contribution in [3.8, 4) is 0 Å². The van der Waals surface area contributed by atoms with E-state index >= 15 is 0 Å². The highest BCUT2D eigenvalue weighted by molar-refractivity contribution is 4.95. The Morgan fingerprint density at radius 2 is 1.84 bits per heavy atom. The van der Waals surface area contributed by atoms with Crippen LogP contribution in [-0.2, 0) is 18.9 Å². The Morgan fingerprint density at radius 3 is 2.52 bits per heavy atom. The van der Waals surface area contributed by atoms with Crippen molar-refractivity contribution in [1.82, 2.24) is 0 Å². The number of unbranched alkanes of at least 4 members (excludes halogenated alkanes) is 3. The summed E-state index contributed by atoms with van der Waals surface area (Å²) in [5.41, 5.74) is 0. The van der Waals surface area contributed by atoms with Crippen LogP contribution in [0.3, 0.4) is 0 Å². The van der Waals surface area contributed by atoms with E-state index in [1.54, 1.807) is 0 Å². The second-order valence-electron chi connectivity index (χ2n) is 7.74. The predicted octanol–water partition coefficient (Wildman–Crippen LogP) is 3.93. The molecule has 146 valence electrons. The first-order valence-electron chi connectivity index (χ1n) is 9.83. The monoisotopic (exact) mass is 356 g/mol. The van der Waals surface area contributed by atoms with E-state index in [0.29, 0.717) is 0 Å². The number of hydrogen-bond donors (Lipinski definition) is 1. The molecule has 0 spiro atoms. The number of fused-ring (bicyclic) bond motifs is 1.